The van der Waals surface area contributed by atoms with Gasteiger partial charge < -0.3 is 5.32 Å². The first-order valence-electron chi connectivity index (χ1n) is 5.41. The number of nitrogens with one attached hydrogen (secondary N) is 1. The Balaban J connectivity index is 2.10. The highest BCUT2D eigenvalue weighted by molar-refractivity contribution is 9.10. The van der Waals surface area contributed by atoms with Crippen LogP contribution in [-0.2, 0) is 0 Å². The van der Waals surface area contributed by atoms with E-state index in [9.17, 15) is 4.79 Å². The van der Waals surface area contributed by atoms with Crippen LogP contribution in [0.25, 0.3) is 0 Å². The number of rotatable bonds is 1. The van der Waals surface area contributed by atoms with Crippen LogP contribution in [0.4, 0.5) is 0 Å². The van der Waals surface area contributed by atoms with Crippen molar-refractivity contribution in [2.75, 3.05) is 0 Å². The zero-order valence-electron chi connectivity index (χ0n) is 8.98. The maximum Gasteiger partial charge on any atom is 0.252 e. The first kappa shape index (κ1) is 10.5. The van der Waals surface area contributed by atoms with Crippen LogP contribution in [0.5, 0.6) is 0 Å². The standard InChI is InChI=1S/C14H10BrNO/c15-10-5-3-4-9(8-10)13-11-6-1-2-7-12(11)14(17)16-13/h1-8,13H,(H,16,17). The zero-order chi connectivity index (χ0) is 11.8. The summed E-state index contributed by atoms with van der Waals surface area (Å²) in [6.07, 6.45) is 0. The van der Waals surface area contributed by atoms with Crippen LogP contribution in [0.1, 0.15) is 27.5 Å². The number of hydrogen-bond donors (Lipinski definition) is 1. The normalized spacial score (nSPS) is 17.7. The van der Waals surface area contributed by atoms with Gasteiger partial charge in [0.05, 0.1) is 6.04 Å². The molecule has 2 aromatic rings. The topological polar surface area (TPSA) is 29.1 Å². The molecule has 2 nitrogen and oxygen atoms in total. The summed E-state index contributed by atoms with van der Waals surface area (Å²) >= 11 is 3.45. The number of carbonyl (C=O) groups excluding carboxylic acids is 1. The molecule has 3 rings (SSSR count). The SMILES string of the molecule is O=C1NC(c2cccc(Br)c2)c2ccccc21. The molecule has 17 heavy (non-hydrogen) atoms. The van der Waals surface area contributed by atoms with Gasteiger partial charge in [0.15, 0.2) is 0 Å². The van der Waals surface area contributed by atoms with E-state index < -0.39 is 0 Å². The lowest BCUT2D eigenvalue weighted by Gasteiger charge is -2.12. The van der Waals surface area contributed by atoms with Crippen molar-refractivity contribution >= 4 is 21.8 Å². The highest BCUT2D eigenvalue weighted by Gasteiger charge is 2.28. The average Bonchev–Trinajstić information content (AvgIpc) is 2.68. The maximum atomic E-state index is 11.8. The predicted octanol–water partition coefficient (Wildman–Crippen LogP) is 3.28. The number of amides is 1. The smallest absolute Gasteiger partial charge is 0.252 e. The number of carbonyl (C=O) groups is 1. The molecule has 1 unspecified atom stereocenters. The van der Waals surface area contributed by atoms with Crippen LogP contribution in [-0.4, -0.2) is 5.91 Å². The van der Waals surface area contributed by atoms with Gasteiger partial charge in [0, 0.05) is 10.0 Å². The highest BCUT2D eigenvalue weighted by atomic mass is 79.9. The van der Waals surface area contributed by atoms with E-state index in [-0.39, 0.29) is 11.9 Å². The van der Waals surface area contributed by atoms with Crippen molar-refractivity contribution in [2.24, 2.45) is 0 Å². The first-order valence-corrected chi connectivity index (χ1v) is 6.20. The van der Waals surface area contributed by atoms with Crippen LogP contribution < -0.4 is 5.32 Å². The first-order chi connectivity index (χ1) is 8.25. The third kappa shape index (κ3) is 1.76. The van der Waals surface area contributed by atoms with E-state index >= 15 is 0 Å². The fourth-order valence-electron chi connectivity index (χ4n) is 2.19. The number of fused-ring (bicyclic) bond motifs is 1. The quantitative estimate of drug-likeness (QED) is 0.857. The van der Waals surface area contributed by atoms with E-state index in [1.54, 1.807) is 0 Å². The lowest BCUT2D eigenvalue weighted by molar-refractivity contribution is 0.0960. The van der Waals surface area contributed by atoms with Gasteiger partial charge in [-0.2, -0.15) is 0 Å². The van der Waals surface area contributed by atoms with E-state index in [0.29, 0.717) is 0 Å². The molecule has 1 amide bonds. The third-order valence-corrected chi connectivity index (χ3v) is 3.47. The lowest BCUT2D eigenvalue weighted by Crippen LogP contribution is -2.19. The van der Waals surface area contributed by atoms with Gasteiger partial charge in [-0.1, -0.05) is 46.3 Å². The fourth-order valence-corrected chi connectivity index (χ4v) is 2.61. The molecule has 0 saturated carbocycles. The molecule has 1 atom stereocenters. The molecule has 84 valence electrons. The molecule has 0 saturated heterocycles. The van der Waals surface area contributed by atoms with E-state index in [1.165, 1.54) is 0 Å². The van der Waals surface area contributed by atoms with Crippen molar-refractivity contribution in [3.05, 3.63) is 69.7 Å². The number of benzene rings is 2. The van der Waals surface area contributed by atoms with Crippen LogP contribution in [0, 0.1) is 0 Å². The molecule has 0 radical (unpaired) electrons. The predicted molar refractivity (Wildman–Crippen MR) is 69.9 cm³/mol. The molecular formula is C14H10BrNO. The van der Waals surface area contributed by atoms with Gasteiger partial charge in [-0.15, -0.1) is 0 Å². The largest absolute Gasteiger partial charge is 0.341 e. The van der Waals surface area contributed by atoms with Crippen molar-refractivity contribution in [1.29, 1.82) is 0 Å². The second kappa shape index (κ2) is 4.00. The molecule has 0 bridgehead atoms. The second-order valence-corrected chi connectivity index (χ2v) is 4.96. The minimum atomic E-state index is -0.0313. The number of hydrogen-bond acceptors (Lipinski definition) is 1. The van der Waals surface area contributed by atoms with Gasteiger partial charge in [-0.25, -0.2) is 0 Å². The highest BCUT2D eigenvalue weighted by Crippen LogP contribution is 2.31. The summed E-state index contributed by atoms with van der Waals surface area (Å²) in [5.74, 6) is 0.00516. The molecule has 0 fully saturated rings. The van der Waals surface area contributed by atoms with Crippen molar-refractivity contribution in [1.82, 2.24) is 5.32 Å². The minimum Gasteiger partial charge on any atom is -0.341 e. The van der Waals surface area contributed by atoms with E-state index in [0.717, 1.165) is 21.2 Å². The molecule has 0 aliphatic carbocycles. The van der Waals surface area contributed by atoms with Crippen LogP contribution >= 0.6 is 15.9 Å². The van der Waals surface area contributed by atoms with Gasteiger partial charge in [0.1, 0.15) is 0 Å². The summed E-state index contributed by atoms with van der Waals surface area (Å²) in [4.78, 5) is 11.8. The summed E-state index contributed by atoms with van der Waals surface area (Å²) in [6, 6.07) is 15.7. The molecule has 1 aliphatic rings. The average molecular weight is 288 g/mol. The Labute approximate surface area is 108 Å². The Hall–Kier alpha value is -1.61. The van der Waals surface area contributed by atoms with Crippen LogP contribution in [0.15, 0.2) is 53.0 Å². The molecule has 3 heteroatoms. The molecule has 1 aliphatic heterocycles. The molecule has 1 heterocycles. The third-order valence-electron chi connectivity index (χ3n) is 2.97. The van der Waals surface area contributed by atoms with Crippen molar-refractivity contribution in [3.63, 3.8) is 0 Å². The molecule has 1 N–H and O–H groups in total. The molecular weight excluding hydrogens is 278 g/mol. The van der Waals surface area contributed by atoms with Crippen molar-refractivity contribution < 1.29 is 4.79 Å². The Morgan fingerprint density at radius 2 is 1.88 bits per heavy atom. The second-order valence-electron chi connectivity index (χ2n) is 4.05. The number of halogens is 1. The van der Waals surface area contributed by atoms with Crippen LogP contribution in [0.3, 0.4) is 0 Å². The Morgan fingerprint density at radius 1 is 1.06 bits per heavy atom. The maximum absolute atomic E-state index is 11.8. The van der Waals surface area contributed by atoms with Crippen LogP contribution in [0.2, 0.25) is 0 Å². The Morgan fingerprint density at radius 3 is 2.71 bits per heavy atom. The molecule has 0 spiro atoms. The zero-order valence-corrected chi connectivity index (χ0v) is 10.6. The minimum absolute atomic E-state index is 0.00516. The van der Waals surface area contributed by atoms with Gasteiger partial charge in [-0.05, 0) is 29.3 Å². The fraction of sp³-hybridized carbons (Fsp3) is 0.0714. The van der Waals surface area contributed by atoms with Crippen molar-refractivity contribution in [3.8, 4) is 0 Å². The van der Waals surface area contributed by atoms with E-state index in [1.807, 2.05) is 48.5 Å². The molecule has 2 aromatic carbocycles. The van der Waals surface area contributed by atoms with Gasteiger partial charge in [-0.3, -0.25) is 4.79 Å². The van der Waals surface area contributed by atoms with Crippen molar-refractivity contribution in [2.45, 2.75) is 6.04 Å². The summed E-state index contributed by atoms with van der Waals surface area (Å²) in [5, 5.41) is 3.00. The Kier molecular flexibility index (Phi) is 2.48. The molecule has 0 aromatic heterocycles. The van der Waals surface area contributed by atoms with E-state index in [4.69, 9.17) is 0 Å². The Bertz CT molecular complexity index is 594. The lowest BCUT2D eigenvalue weighted by atomic mass is 9.99. The summed E-state index contributed by atoms with van der Waals surface area (Å²) < 4.78 is 1.02. The van der Waals surface area contributed by atoms with Gasteiger partial charge in [0.2, 0.25) is 0 Å². The van der Waals surface area contributed by atoms with E-state index in [2.05, 4.69) is 21.2 Å². The summed E-state index contributed by atoms with van der Waals surface area (Å²) in [6.45, 7) is 0. The monoisotopic (exact) mass is 287 g/mol. The summed E-state index contributed by atoms with van der Waals surface area (Å²) in [5.41, 5.74) is 2.92. The van der Waals surface area contributed by atoms with Gasteiger partial charge >= 0.3 is 0 Å². The van der Waals surface area contributed by atoms with Gasteiger partial charge in [0.25, 0.3) is 5.91 Å². The summed E-state index contributed by atoms with van der Waals surface area (Å²) in [7, 11) is 0.